The van der Waals surface area contributed by atoms with Gasteiger partial charge in [-0.25, -0.2) is 4.99 Å². The Morgan fingerprint density at radius 3 is 2.69 bits per heavy atom. The van der Waals surface area contributed by atoms with Crippen LogP contribution < -0.4 is 15.8 Å². The molecular formula is C28H36N4O3. The van der Waals surface area contributed by atoms with E-state index < -0.39 is 5.54 Å². The summed E-state index contributed by atoms with van der Waals surface area (Å²) in [5, 5.41) is 3.16. The Morgan fingerprint density at radius 2 is 1.97 bits per heavy atom. The summed E-state index contributed by atoms with van der Waals surface area (Å²) in [5.41, 5.74) is 8.41. The molecule has 2 amide bonds. The summed E-state index contributed by atoms with van der Waals surface area (Å²) in [7, 11) is 0. The molecule has 7 heteroatoms. The van der Waals surface area contributed by atoms with Crippen LogP contribution in [-0.2, 0) is 4.79 Å². The number of fused-ring (bicyclic) bond motifs is 1. The summed E-state index contributed by atoms with van der Waals surface area (Å²) in [5.74, 6) is 0.936. The van der Waals surface area contributed by atoms with E-state index in [1.165, 1.54) is 0 Å². The van der Waals surface area contributed by atoms with Gasteiger partial charge in [-0.1, -0.05) is 57.5 Å². The monoisotopic (exact) mass is 476 g/mol. The molecule has 2 aliphatic heterocycles. The van der Waals surface area contributed by atoms with Gasteiger partial charge in [0.1, 0.15) is 5.75 Å². The van der Waals surface area contributed by atoms with Crippen LogP contribution in [0.3, 0.4) is 0 Å². The highest BCUT2D eigenvalue weighted by Gasteiger charge is 2.40. The van der Waals surface area contributed by atoms with Crippen molar-refractivity contribution in [2.75, 3.05) is 6.61 Å². The number of rotatable bonds is 8. The minimum atomic E-state index is -0.420. The average molecular weight is 477 g/mol. The number of hydrogen-bond donors (Lipinski definition) is 2. The molecule has 0 spiro atoms. The van der Waals surface area contributed by atoms with E-state index in [0.717, 1.165) is 42.6 Å². The molecule has 0 unspecified atom stereocenters. The number of nitrogens with two attached hydrogens (primary N) is 1. The zero-order chi connectivity index (χ0) is 25.0. The Bertz CT molecular complexity index is 1110. The molecule has 2 atom stereocenters. The van der Waals surface area contributed by atoms with Crippen LogP contribution in [0.15, 0.2) is 53.5 Å². The molecule has 2 aliphatic rings. The maximum atomic E-state index is 13.3. The van der Waals surface area contributed by atoms with E-state index in [1.54, 1.807) is 4.90 Å². The number of nitrogens with zero attached hydrogens (tertiary/aromatic N) is 2. The lowest BCUT2D eigenvalue weighted by molar-refractivity contribution is -0.131. The highest BCUT2D eigenvalue weighted by molar-refractivity contribution is 6.00. The summed E-state index contributed by atoms with van der Waals surface area (Å²) in [6, 6.07) is 15.0. The van der Waals surface area contributed by atoms with Gasteiger partial charge >= 0.3 is 0 Å². The van der Waals surface area contributed by atoms with Gasteiger partial charge in [0, 0.05) is 17.5 Å². The molecule has 2 aromatic carbocycles. The van der Waals surface area contributed by atoms with Crippen LogP contribution in [0.5, 0.6) is 5.75 Å². The second-order valence-electron chi connectivity index (χ2n) is 9.47. The number of aliphatic imine (C=N–C) groups is 1. The summed E-state index contributed by atoms with van der Waals surface area (Å²) in [6.07, 6.45) is 4.20. The van der Waals surface area contributed by atoms with Crippen molar-refractivity contribution in [1.29, 1.82) is 0 Å². The zero-order valence-corrected chi connectivity index (χ0v) is 20.9. The van der Waals surface area contributed by atoms with Crippen LogP contribution in [0.2, 0.25) is 0 Å². The number of guanidine groups is 1. The fraction of sp³-hybridized carbons (Fsp3) is 0.464. The number of para-hydroxylation sites is 1. The Balaban J connectivity index is 1.59. The molecule has 0 fully saturated rings. The topological polar surface area (TPSA) is 97.0 Å². The summed E-state index contributed by atoms with van der Waals surface area (Å²) in [4.78, 5) is 33.0. The normalized spacial score (nSPS) is 19.9. The highest BCUT2D eigenvalue weighted by atomic mass is 16.5. The van der Waals surface area contributed by atoms with E-state index in [1.807, 2.05) is 62.4 Å². The first-order chi connectivity index (χ1) is 16.9. The summed E-state index contributed by atoms with van der Waals surface area (Å²) >= 11 is 0. The number of ether oxygens (including phenoxy) is 1. The van der Waals surface area contributed by atoms with Crippen molar-refractivity contribution in [3.8, 4) is 5.75 Å². The third-order valence-electron chi connectivity index (χ3n) is 7.33. The molecule has 4 rings (SSSR count). The van der Waals surface area contributed by atoms with Gasteiger partial charge in [0.15, 0.2) is 5.96 Å². The van der Waals surface area contributed by atoms with E-state index in [9.17, 15) is 9.59 Å². The fourth-order valence-corrected chi connectivity index (χ4v) is 5.16. The number of benzene rings is 2. The first kappa shape index (κ1) is 24.8. The van der Waals surface area contributed by atoms with E-state index >= 15 is 0 Å². The first-order valence-corrected chi connectivity index (χ1v) is 12.7. The maximum absolute atomic E-state index is 13.3. The van der Waals surface area contributed by atoms with Gasteiger partial charge in [0.2, 0.25) is 5.91 Å². The Labute approximate surface area is 207 Å². The quantitative estimate of drug-likeness (QED) is 0.567. The molecule has 0 aliphatic carbocycles. The molecule has 3 N–H and O–H groups in total. The van der Waals surface area contributed by atoms with Gasteiger partial charge in [-0.15, -0.1) is 0 Å². The maximum Gasteiger partial charge on any atom is 0.251 e. The van der Waals surface area contributed by atoms with Crippen molar-refractivity contribution >= 4 is 17.8 Å². The smallest absolute Gasteiger partial charge is 0.251 e. The molecule has 0 radical (unpaired) electrons. The minimum Gasteiger partial charge on any atom is -0.493 e. The lowest BCUT2D eigenvalue weighted by atomic mass is 9.87. The lowest BCUT2D eigenvalue weighted by Crippen LogP contribution is -2.52. The van der Waals surface area contributed by atoms with Crippen LogP contribution in [0.1, 0.15) is 92.9 Å². The van der Waals surface area contributed by atoms with Crippen LogP contribution in [0, 0.1) is 0 Å². The van der Waals surface area contributed by atoms with Gasteiger partial charge in [-0.2, -0.15) is 0 Å². The molecule has 0 aromatic heterocycles. The number of carbonyl (C=O) groups is 2. The van der Waals surface area contributed by atoms with Crippen molar-refractivity contribution in [3.63, 3.8) is 0 Å². The van der Waals surface area contributed by atoms with Crippen molar-refractivity contribution < 1.29 is 14.3 Å². The molecule has 35 heavy (non-hydrogen) atoms. The fourth-order valence-electron chi connectivity index (χ4n) is 5.16. The summed E-state index contributed by atoms with van der Waals surface area (Å²) < 4.78 is 5.72. The van der Waals surface area contributed by atoms with Crippen molar-refractivity contribution in [2.24, 2.45) is 10.7 Å². The van der Waals surface area contributed by atoms with Crippen LogP contribution in [-0.4, -0.2) is 34.8 Å². The third-order valence-corrected chi connectivity index (χ3v) is 7.33. The van der Waals surface area contributed by atoms with Crippen molar-refractivity contribution in [1.82, 2.24) is 10.2 Å². The lowest BCUT2D eigenvalue weighted by Gasteiger charge is -2.40. The van der Waals surface area contributed by atoms with Gasteiger partial charge in [-0.3, -0.25) is 14.5 Å². The largest absolute Gasteiger partial charge is 0.493 e. The first-order valence-electron chi connectivity index (χ1n) is 12.7. The molecule has 0 saturated carbocycles. The second kappa shape index (κ2) is 10.5. The Morgan fingerprint density at radius 1 is 1.20 bits per heavy atom. The zero-order valence-electron chi connectivity index (χ0n) is 20.9. The molecule has 7 nitrogen and oxygen atoms in total. The standard InChI is InChI=1S/C28H36N4O3/c1-4-10-23(32-25(33)18-28(5-2,6-3)31-27(32)29)19-11-9-12-20(17-19)26(34)30-22-15-16-35-24-14-8-7-13-21(22)24/h7-9,11-14,17,22-23H,4-6,10,15-16,18H2,1-3H3,(H2,29,31)(H,30,34)/t22-,23-/m0/s1. The average Bonchev–Trinajstić information content (AvgIpc) is 2.88. The van der Waals surface area contributed by atoms with Crippen LogP contribution in [0.25, 0.3) is 0 Å². The SMILES string of the molecule is CCC[C@@H](c1cccc(C(=O)N[C@H]2CCOc3ccccc32)c1)N1C(=O)CC(CC)(CC)N=C1N. The molecule has 2 heterocycles. The Hall–Kier alpha value is -3.35. The number of nitrogens with one attached hydrogen (secondary N) is 1. The molecule has 186 valence electrons. The third kappa shape index (κ3) is 5.04. The van der Waals surface area contributed by atoms with Crippen LogP contribution >= 0.6 is 0 Å². The van der Waals surface area contributed by atoms with Crippen molar-refractivity contribution in [2.45, 2.75) is 76.9 Å². The van der Waals surface area contributed by atoms with Crippen molar-refractivity contribution in [3.05, 3.63) is 65.2 Å². The second-order valence-corrected chi connectivity index (χ2v) is 9.47. The van der Waals surface area contributed by atoms with Gasteiger partial charge in [0.25, 0.3) is 5.91 Å². The molecule has 0 bridgehead atoms. The van der Waals surface area contributed by atoms with E-state index in [0.29, 0.717) is 25.0 Å². The van der Waals surface area contributed by atoms with Gasteiger partial charge in [0.05, 0.1) is 30.7 Å². The molecular weight excluding hydrogens is 440 g/mol. The highest BCUT2D eigenvalue weighted by Crippen LogP contribution is 2.35. The minimum absolute atomic E-state index is 0.00619. The predicted octanol–water partition coefficient (Wildman–Crippen LogP) is 4.89. The predicted molar refractivity (Wildman–Crippen MR) is 137 cm³/mol. The van der Waals surface area contributed by atoms with E-state index in [4.69, 9.17) is 15.5 Å². The molecule has 2 aromatic rings. The summed E-state index contributed by atoms with van der Waals surface area (Å²) in [6.45, 7) is 6.74. The van der Waals surface area contributed by atoms with Crippen LogP contribution in [0.4, 0.5) is 0 Å². The van der Waals surface area contributed by atoms with E-state index in [2.05, 4.69) is 12.2 Å². The number of amides is 2. The van der Waals surface area contributed by atoms with E-state index in [-0.39, 0.29) is 29.9 Å². The van der Waals surface area contributed by atoms with Gasteiger partial charge in [-0.05, 0) is 43.0 Å². The molecule has 0 saturated heterocycles. The number of carbonyl (C=O) groups excluding carboxylic acids is 2. The Kier molecular flexibility index (Phi) is 7.43. The van der Waals surface area contributed by atoms with Gasteiger partial charge < -0.3 is 15.8 Å². The number of hydrogen-bond acceptors (Lipinski definition) is 5.